The summed E-state index contributed by atoms with van der Waals surface area (Å²) in [4.78, 5) is 22.5. The number of hydrogen-bond acceptors (Lipinski definition) is 3. The Morgan fingerprint density at radius 1 is 1.25 bits per heavy atom. The molecule has 2 aliphatic rings. The lowest BCUT2D eigenvalue weighted by atomic mass is 9.79. The highest BCUT2D eigenvalue weighted by atomic mass is 16.2. The van der Waals surface area contributed by atoms with E-state index in [0.717, 1.165) is 25.8 Å². The zero-order valence-electron chi connectivity index (χ0n) is 7.06. The lowest BCUT2D eigenvalue weighted by Gasteiger charge is -2.30. The summed E-state index contributed by atoms with van der Waals surface area (Å²) in [5, 5.41) is 3.24. The monoisotopic (exact) mass is 167 g/mol. The summed E-state index contributed by atoms with van der Waals surface area (Å²) in [6.45, 7) is 0.930. The number of ketones is 2. The highest BCUT2D eigenvalue weighted by Gasteiger charge is 2.43. The molecule has 12 heavy (non-hydrogen) atoms. The Kier molecular flexibility index (Phi) is 1.76. The van der Waals surface area contributed by atoms with E-state index in [2.05, 4.69) is 5.32 Å². The van der Waals surface area contributed by atoms with E-state index in [-0.39, 0.29) is 23.5 Å². The number of nitrogens with one attached hydrogen (secondary N) is 1. The van der Waals surface area contributed by atoms with Crippen LogP contribution in [0.15, 0.2) is 0 Å². The molecule has 1 saturated carbocycles. The summed E-state index contributed by atoms with van der Waals surface area (Å²) in [5.41, 5.74) is -0.298. The van der Waals surface area contributed by atoms with E-state index in [1.807, 2.05) is 0 Å². The van der Waals surface area contributed by atoms with Crippen LogP contribution in [-0.2, 0) is 9.59 Å². The molecule has 0 aromatic carbocycles. The van der Waals surface area contributed by atoms with Crippen molar-refractivity contribution in [3.8, 4) is 0 Å². The highest BCUT2D eigenvalue weighted by Crippen LogP contribution is 2.30. The van der Waals surface area contributed by atoms with Gasteiger partial charge in [0.1, 0.15) is 5.78 Å². The molecule has 1 aliphatic heterocycles. The average molecular weight is 167 g/mol. The number of rotatable bonds is 0. The highest BCUT2D eigenvalue weighted by molar-refractivity contribution is 6.06. The maximum atomic E-state index is 11.5. The Hall–Kier alpha value is -0.700. The van der Waals surface area contributed by atoms with Crippen molar-refractivity contribution < 1.29 is 9.59 Å². The fourth-order valence-electron chi connectivity index (χ4n) is 2.19. The average Bonchev–Trinajstić information content (AvgIpc) is 2.48. The molecule has 1 saturated heterocycles. The Labute approximate surface area is 71.5 Å². The van der Waals surface area contributed by atoms with Crippen molar-refractivity contribution in [2.45, 2.75) is 37.6 Å². The molecule has 1 atom stereocenters. The molecule has 0 radical (unpaired) electrons. The number of hydrogen-bond donors (Lipinski definition) is 1. The minimum Gasteiger partial charge on any atom is -0.305 e. The van der Waals surface area contributed by atoms with E-state index < -0.39 is 0 Å². The Morgan fingerprint density at radius 2 is 2.08 bits per heavy atom. The first-order valence-corrected chi connectivity index (χ1v) is 4.53. The smallest absolute Gasteiger partial charge is 0.160 e. The van der Waals surface area contributed by atoms with Crippen LogP contribution in [0.2, 0.25) is 0 Å². The van der Waals surface area contributed by atoms with Crippen LogP contribution in [-0.4, -0.2) is 23.7 Å². The van der Waals surface area contributed by atoms with Crippen LogP contribution in [0.3, 0.4) is 0 Å². The molecule has 0 aromatic heterocycles. The Bertz CT molecular complexity index is 229. The fourth-order valence-corrected chi connectivity index (χ4v) is 2.19. The van der Waals surface area contributed by atoms with Crippen molar-refractivity contribution in [3.63, 3.8) is 0 Å². The van der Waals surface area contributed by atoms with E-state index in [0.29, 0.717) is 6.42 Å². The summed E-state index contributed by atoms with van der Waals surface area (Å²) < 4.78 is 0. The quantitative estimate of drug-likeness (QED) is 0.532. The number of carbonyl (C=O) groups is 2. The van der Waals surface area contributed by atoms with Crippen LogP contribution < -0.4 is 5.32 Å². The van der Waals surface area contributed by atoms with E-state index in [4.69, 9.17) is 0 Å². The largest absolute Gasteiger partial charge is 0.305 e. The van der Waals surface area contributed by atoms with Gasteiger partial charge in [0.05, 0.1) is 12.0 Å². The minimum atomic E-state index is -0.298. The molecule has 1 spiro atoms. The van der Waals surface area contributed by atoms with E-state index >= 15 is 0 Å². The van der Waals surface area contributed by atoms with Gasteiger partial charge in [0.2, 0.25) is 0 Å². The zero-order valence-corrected chi connectivity index (χ0v) is 7.06. The molecule has 0 bridgehead atoms. The number of carbonyl (C=O) groups excluding carboxylic acids is 2. The second kappa shape index (κ2) is 2.66. The van der Waals surface area contributed by atoms with Crippen LogP contribution in [0, 0.1) is 0 Å². The third-order valence-corrected chi connectivity index (χ3v) is 2.97. The number of Topliss-reactive ketones (excluding diaryl/α,β-unsaturated/α-hetero) is 2. The molecular formula is C9H13NO2. The summed E-state index contributed by atoms with van der Waals surface area (Å²) in [6, 6.07) is 0. The van der Waals surface area contributed by atoms with Gasteiger partial charge in [-0.3, -0.25) is 9.59 Å². The van der Waals surface area contributed by atoms with Crippen molar-refractivity contribution >= 4 is 11.6 Å². The molecule has 3 nitrogen and oxygen atoms in total. The SMILES string of the molecule is O=C1CCC2(CCCN2)C(=O)C1. The molecular weight excluding hydrogens is 154 g/mol. The molecule has 2 rings (SSSR count). The Balaban J connectivity index is 2.16. The van der Waals surface area contributed by atoms with Crippen molar-refractivity contribution in [1.82, 2.24) is 5.32 Å². The third kappa shape index (κ3) is 1.08. The van der Waals surface area contributed by atoms with Gasteiger partial charge in [0.25, 0.3) is 0 Å². The van der Waals surface area contributed by atoms with Gasteiger partial charge in [-0.05, 0) is 25.8 Å². The molecule has 1 N–H and O–H groups in total. The van der Waals surface area contributed by atoms with Crippen LogP contribution >= 0.6 is 0 Å². The van der Waals surface area contributed by atoms with Gasteiger partial charge in [-0.1, -0.05) is 0 Å². The van der Waals surface area contributed by atoms with Gasteiger partial charge < -0.3 is 5.32 Å². The van der Waals surface area contributed by atoms with Gasteiger partial charge >= 0.3 is 0 Å². The van der Waals surface area contributed by atoms with Gasteiger partial charge in [-0.15, -0.1) is 0 Å². The van der Waals surface area contributed by atoms with Gasteiger partial charge in [0.15, 0.2) is 5.78 Å². The van der Waals surface area contributed by atoms with Gasteiger partial charge in [0, 0.05) is 6.42 Å². The molecule has 1 unspecified atom stereocenters. The van der Waals surface area contributed by atoms with E-state index in [1.165, 1.54) is 0 Å². The Morgan fingerprint density at radius 3 is 2.67 bits per heavy atom. The predicted octanol–water partition coefficient (Wildman–Crippen LogP) is 0.431. The zero-order chi connectivity index (χ0) is 8.60. The molecule has 3 heteroatoms. The topological polar surface area (TPSA) is 46.2 Å². The fraction of sp³-hybridized carbons (Fsp3) is 0.778. The van der Waals surface area contributed by atoms with Crippen LogP contribution in [0.1, 0.15) is 32.1 Å². The maximum absolute atomic E-state index is 11.5. The molecule has 2 fully saturated rings. The second-order valence-corrected chi connectivity index (χ2v) is 3.75. The van der Waals surface area contributed by atoms with Crippen molar-refractivity contribution in [3.05, 3.63) is 0 Å². The van der Waals surface area contributed by atoms with Crippen molar-refractivity contribution in [2.75, 3.05) is 6.54 Å². The normalized spacial score (nSPS) is 36.3. The van der Waals surface area contributed by atoms with Crippen LogP contribution in [0.4, 0.5) is 0 Å². The second-order valence-electron chi connectivity index (χ2n) is 3.75. The lowest BCUT2D eigenvalue weighted by molar-refractivity contribution is -0.134. The van der Waals surface area contributed by atoms with Crippen LogP contribution in [0.25, 0.3) is 0 Å². The first-order valence-electron chi connectivity index (χ1n) is 4.53. The predicted molar refractivity (Wildman–Crippen MR) is 43.8 cm³/mol. The molecule has 1 heterocycles. The van der Waals surface area contributed by atoms with E-state index in [9.17, 15) is 9.59 Å². The standard InChI is InChI=1S/C9H13NO2/c11-7-2-4-9(8(12)6-7)3-1-5-10-9/h10H,1-6H2. The van der Waals surface area contributed by atoms with Crippen molar-refractivity contribution in [1.29, 1.82) is 0 Å². The summed E-state index contributed by atoms with van der Waals surface area (Å²) in [5.74, 6) is 0.232. The first-order chi connectivity index (χ1) is 5.73. The lowest BCUT2D eigenvalue weighted by Crippen LogP contribution is -2.51. The molecule has 0 amide bonds. The maximum Gasteiger partial charge on any atom is 0.160 e. The molecule has 66 valence electrons. The minimum absolute atomic E-state index is 0.110. The summed E-state index contributed by atoms with van der Waals surface area (Å²) >= 11 is 0. The molecule has 1 aliphatic carbocycles. The third-order valence-electron chi connectivity index (χ3n) is 2.97. The van der Waals surface area contributed by atoms with Gasteiger partial charge in [-0.2, -0.15) is 0 Å². The van der Waals surface area contributed by atoms with E-state index in [1.54, 1.807) is 0 Å². The summed E-state index contributed by atoms with van der Waals surface area (Å²) in [6.07, 6.45) is 3.47. The summed E-state index contributed by atoms with van der Waals surface area (Å²) in [7, 11) is 0. The van der Waals surface area contributed by atoms with Gasteiger partial charge in [-0.25, -0.2) is 0 Å². The van der Waals surface area contributed by atoms with Crippen LogP contribution in [0.5, 0.6) is 0 Å². The molecule has 0 aromatic rings. The first kappa shape index (κ1) is 7.92. The van der Waals surface area contributed by atoms with Crippen molar-refractivity contribution in [2.24, 2.45) is 0 Å².